The lowest BCUT2D eigenvalue weighted by Gasteiger charge is -2.22. The molecule has 0 aliphatic heterocycles. The Labute approximate surface area is 104 Å². The number of nitrogens with zero attached hydrogens (tertiary/aromatic N) is 2. The summed E-state index contributed by atoms with van der Waals surface area (Å²) in [5.41, 5.74) is 2.39. The minimum absolute atomic E-state index is 0.676. The van der Waals surface area contributed by atoms with Crippen LogP contribution in [0.5, 0.6) is 0 Å². The summed E-state index contributed by atoms with van der Waals surface area (Å²) in [4.78, 5) is 7.06. The molecule has 1 aromatic heterocycles. The van der Waals surface area contributed by atoms with E-state index < -0.39 is 0 Å². The van der Waals surface area contributed by atoms with Gasteiger partial charge in [-0.2, -0.15) is 0 Å². The van der Waals surface area contributed by atoms with E-state index in [4.69, 9.17) is 4.98 Å². The maximum Gasteiger partial charge on any atom is 0.129 e. The molecule has 0 saturated heterocycles. The predicted molar refractivity (Wildman–Crippen MR) is 72.3 cm³/mol. The average Bonchev–Trinajstić information content (AvgIpc) is 3.13. The van der Waals surface area contributed by atoms with Crippen molar-refractivity contribution in [2.45, 2.75) is 32.4 Å². The summed E-state index contributed by atoms with van der Waals surface area (Å²) < 4.78 is 0. The lowest BCUT2D eigenvalue weighted by Crippen LogP contribution is -2.26. The van der Waals surface area contributed by atoms with E-state index in [0.29, 0.717) is 6.04 Å². The second kappa shape index (κ2) is 5.32. The third-order valence-corrected chi connectivity index (χ3v) is 3.16. The molecular formula is C14H21N3. The molecule has 0 bridgehead atoms. The molecule has 0 atom stereocenters. The van der Waals surface area contributed by atoms with Gasteiger partial charge in [0.2, 0.25) is 0 Å². The fourth-order valence-electron chi connectivity index (χ4n) is 2.07. The van der Waals surface area contributed by atoms with Crippen LogP contribution in [0.15, 0.2) is 24.8 Å². The van der Waals surface area contributed by atoms with E-state index >= 15 is 0 Å². The van der Waals surface area contributed by atoms with Crippen molar-refractivity contribution in [3.8, 4) is 0 Å². The first-order valence-electron chi connectivity index (χ1n) is 6.25. The molecule has 0 amide bonds. The number of rotatable bonds is 6. The number of aryl methyl sites for hydroxylation is 1. The highest BCUT2D eigenvalue weighted by Gasteiger charge is 2.29. The Bertz CT molecular complexity index is 396. The maximum atomic E-state index is 4.71. The lowest BCUT2D eigenvalue weighted by atomic mass is 10.2. The number of hydrogen-bond acceptors (Lipinski definition) is 3. The molecule has 3 nitrogen and oxygen atoms in total. The van der Waals surface area contributed by atoms with E-state index in [1.165, 1.54) is 18.4 Å². The second-order valence-corrected chi connectivity index (χ2v) is 4.62. The molecule has 1 aliphatic rings. The Hall–Kier alpha value is -1.35. The fourth-order valence-corrected chi connectivity index (χ4v) is 2.07. The average molecular weight is 231 g/mol. The quantitative estimate of drug-likeness (QED) is 0.761. The Kier molecular flexibility index (Phi) is 3.79. The van der Waals surface area contributed by atoms with Gasteiger partial charge in [0.25, 0.3) is 0 Å². The minimum Gasteiger partial charge on any atom is -0.350 e. The van der Waals surface area contributed by atoms with Crippen LogP contribution < -0.4 is 10.2 Å². The lowest BCUT2D eigenvalue weighted by molar-refractivity contribution is 0.794. The summed E-state index contributed by atoms with van der Waals surface area (Å²) in [6.07, 6.45) is 4.52. The van der Waals surface area contributed by atoms with Crippen LogP contribution in [0.1, 0.15) is 24.1 Å². The van der Waals surface area contributed by atoms with Gasteiger partial charge < -0.3 is 10.2 Å². The van der Waals surface area contributed by atoms with Crippen LogP contribution in [0.25, 0.3) is 0 Å². The molecule has 3 heteroatoms. The highest BCUT2D eigenvalue weighted by molar-refractivity contribution is 5.44. The van der Waals surface area contributed by atoms with Crippen LogP contribution in [0.3, 0.4) is 0 Å². The normalized spacial score (nSPS) is 14.7. The molecule has 0 radical (unpaired) electrons. The van der Waals surface area contributed by atoms with Gasteiger partial charge in [-0.25, -0.2) is 4.98 Å². The summed E-state index contributed by atoms with van der Waals surface area (Å²) in [5.74, 6) is 1.09. The van der Waals surface area contributed by atoms with Gasteiger partial charge in [0.05, 0.1) is 0 Å². The summed E-state index contributed by atoms with van der Waals surface area (Å²) >= 11 is 0. The van der Waals surface area contributed by atoms with Crippen molar-refractivity contribution in [2.75, 3.05) is 18.5 Å². The summed E-state index contributed by atoms with van der Waals surface area (Å²) in [7, 11) is 1.96. The first-order valence-corrected chi connectivity index (χ1v) is 6.25. The van der Waals surface area contributed by atoms with Crippen molar-refractivity contribution >= 4 is 5.82 Å². The molecule has 17 heavy (non-hydrogen) atoms. The van der Waals surface area contributed by atoms with Crippen molar-refractivity contribution < 1.29 is 0 Å². The molecule has 0 unspecified atom stereocenters. The maximum absolute atomic E-state index is 4.71. The molecule has 0 aromatic carbocycles. The van der Waals surface area contributed by atoms with Gasteiger partial charge in [0.1, 0.15) is 5.82 Å². The fraction of sp³-hybridized carbons (Fsp3) is 0.500. The molecule has 1 aliphatic carbocycles. The Balaban J connectivity index is 2.19. The standard InChI is InChI=1S/C14H21N3/c1-4-9-17(13-6-7-13)14-8-5-12(10-15-3)11(2)16-14/h4-5,8,13,15H,1,6-7,9-10H2,2-3H3. The van der Waals surface area contributed by atoms with E-state index in [1.807, 2.05) is 13.1 Å². The number of nitrogens with one attached hydrogen (secondary N) is 1. The van der Waals surface area contributed by atoms with Gasteiger partial charge in [-0.15, -0.1) is 6.58 Å². The Morgan fingerprint density at radius 3 is 2.82 bits per heavy atom. The molecule has 1 heterocycles. The summed E-state index contributed by atoms with van der Waals surface area (Å²) in [6.45, 7) is 7.67. The van der Waals surface area contributed by atoms with Gasteiger partial charge in [-0.05, 0) is 38.4 Å². The highest BCUT2D eigenvalue weighted by Crippen LogP contribution is 2.30. The van der Waals surface area contributed by atoms with Crippen molar-refractivity contribution in [3.63, 3.8) is 0 Å². The van der Waals surface area contributed by atoms with E-state index in [-0.39, 0.29) is 0 Å². The van der Waals surface area contributed by atoms with Gasteiger partial charge in [-0.3, -0.25) is 0 Å². The van der Waals surface area contributed by atoms with Crippen LogP contribution in [-0.2, 0) is 6.54 Å². The smallest absolute Gasteiger partial charge is 0.129 e. The minimum atomic E-state index is 0.676. The van der Waals surface area contributed by atoms with Crippen LogP contribution in [-0.4, -0.2) is 24.6 Å². The summed E-state index contributed by atoms with van der Waals surface area (Å²) in [5, 5.41) is 3.16. The van der Waals surface area contributed by atoms with E-state index in [9.17, 15) is 0 Å². The third kappa shape index (κ3) is 2.86. The zero-order valence-electron chi connectivity index (χ0n) is 10.7. The SMILES string of the molecule is C=CCN(c1ccc(CNC)c(C)n1)C1CC1. The molecule has 1 N–H and O–H groups in total. The van der Waals surface area contributed by atoms with Crippen LogP contribution in [0, 0.1) is 6.92 Å². The third-order valence-electron chi connectivity index (χ3n) is 3.16. The first-order chi connectivity index (χ1) is 8.26. The zero-order chi connectivity index (χ0) is 12.3. The number of anilines is 1. The molecule has 92 valence electrons. The van der Waals surface area contributed by atoms with E-state index in [0.717, 1.165) is 24.6 Å². The second-order valence-electron chi connectivity index (χ2n) is 4.62. The predicted octanol–water partition coefficient (Wildman–Crippen LogP) is 2.26. The molecule has 0 spiro atoms. The van der Waals surface area contributed by atoms with Crippen LogP contribution >= 0.6 is 0 Å². The summed E-state index contributed by atoms with van der Waals surface area (Å²) in [6, 6.07) is 4.98. The van der Waals surface area contributed by atoms with Gasteiger partial charge in [0, 0.05) is 24.8 Å². The molecular weight excluding hydrogens is 210 g/mol. The largest absolute Gasteiger partial charge is 0.350 e. The number of hydrogen-bond donors (Lipinski definition) is 1. The molecule has 1 aromatic rings. The first kappa shape index (κ1) is 12.1. The van der Waals surface area contributed by atoms with Gasteiger partial charge in [-0.1, -0.05) is 12.1 Å². The van der Waals surface area contributed by atoms with Gasteiger partial charge in [0.15, 0.2) is 0 Å². The molecule has 2 rings (SSSR count). The van der Waals surface area contributed by atoms with Crippen LogP contribution in [0.4, 0.5) is 5.82 Å². The van der Waals surface area contributed by atoms with Gasteiger partial charge >= 0.3 is 0 Å². The Morgan fingerprint density at radius 1 is 1.53 bits per heavy atom. The molecule has 1 fully saturated rings. The monoisotopic (exact) mass is 231 g/mol. The van der Waals surface area contributed by atoms with E-state index in [1.54, 1.807) is 0 Å². The number of pyridine rings is 1. The van der Waals surface area contributed by atoms with Crippen molar-refractivity contribution in [3.05, 3.63) is 36.0 Å². The Morgan fingerprint density at radius 2 is 2.29 bits per heavy atom. The number of aromatic nitrogens is 1. The van der Waals surface area contributed by atoms with Crippen molar-refractivity contribution in [1.29, 1.82) is 0 Å². The molecule has 1 saturated carbocycles. The van der Waals surface area contributed by atoms with Crippen molar-refractivity contribution in [1.82, 2.24) is 10.3 Å². The van der Waals surface area contributed by atoms with Crippen molar-refractivity contribution in [2.24, 2.45) is 0 Å². The zero-order valence-corrected chi connectivity index (χ0v) is 10.7. The van der Waals surface area contributed by atoms with E-state index in [2.05, 4.69) is 35.9 Å². The highest BCUT2D eigenvalue weighted by atomic mass is 15.2. The van der Waals surface area contributed by atoms with Crippen LogP contribution in [0.2, 0.25) is 0 Å². The topological polar surface area (TPSA) is 28.2 Å².